The Bertz CT molecular complexity index is 2150. The molecule has 3 aliphatic heterocycles. The second-order valence-electron chi connectivity index (χ2n) is 13.9. The molecule has 0 atom stereocenters. The Balaban J connectivity index is 0.00000496. The molecule has 9 heterocycles. The minimum Gasteiger partial charge on any atom is -0.351 e. The van der Waals surface area contributed by atoms with Crippen molar-refractivity contribution in [3.8, 4) is 34.2 Å². The van der Waals surface area contributed by atoms with Gasteiger partial charge in [-0.05, 0) is 72.8 Å². The standard InChI is InChI=1S/C42H42N12O2.Eu/c43-13-15-45-41(55)27-17-33-25-53-21-29-5-1-9-35(47-29)36-10-2-6-30(48-36)23-54(24-32-8-4-12-38(50-32)37-11-3-7-31(22-53)49-37)26-34-18-28(42(56)46-16-14-44)20-40(52-34)39(19-27)51-33;/h1-12,17-20H,13-16,21-26,43-44H2,(H,45,55)(H,46,56);/q;+3. The van der Waals surface area contributed by atoms with Crippen LogP contribution >= 0.6 is 0 Å². The monoisotopic (exact) mass is 899 g/mol. The fourth-order valence-electron chi connectivity index (χ4n) is 6.99. The zero-order chi connectivity index (χ0) is 38.4. The average Bonchev–Trinajstić information content (AvgIpc) is 3.21. The zero-order valence-electron chi connectivity index (χ0n) is 31.2. The molecule has 14 nitrogen and oxygen atoms in total. The van der Waals surface area contributed by atoms with E-state index in [4.69, 9.17) is 41.4 Å². The van der Waals surface area contributed by atoms with Crippen LogP contribution in [0.25, 0.3) is 34.2 Å². The van der Waals surface area contributed by atoms with E-state index in [2.05, 4.69) is 20.4 Å². The molecule has 0 aliphatic carbocycles. The van der Waals surface area contributed by atoms with Gasteiger partial charge in [-0.2, -0.15) is 0 Å². The van der Waals surface area contributed by atoms with E-state index in [9.17, 15) is 9.59 Å². The van der Waals surface area contributed by atoms with E-state index in [0.717, 1.165) is 45.6 Å². The molecule has 6 N–H and O–H groups in total. The molecule has 0 unspecified atom stereocenters. The summed E-state index contributed by atoms with van der Waals surface area (Å²) in [6, 6.07) is 30.9. The number of hydrogen-bond donors (Lipinski definition) is 4. The predicted octanol–water partition coefficient (Wildman–Crippen LogP) is 3.47. The largest absolute Gasteiger partial charge is 3.00 e. The van der Waals surface area contributed by atoms with Crippen LogP contribution in [0.4, 0.5) is 0 Å². The molecule has 0 saturated carbocycles. The third-order valence-electron chi connectivity index (χ3n) is 9.47. The van der Waals surface area contributed by atoms with Crippen LogP contribution in [0, 0.1) is 49.4 Å². The van der Waals surface area contributed by atoms with Gasteiger partial charge in [0.2, 0.25) is 0 Å². The number of amides is 2. The normalized spacial score (nSPS) is 15.8. The topological polar surface area (TPSA) is 194 Å². The summed E-state index contributed by atoms with van der Waals surface area (Å²) < 4.78 is 0. The van der Waals surface area contributed by atoms with Gasteiger partial charge in [-0.25, -0.2) is 29.9 Å². The Morgan fingerprint density at radius 1 is 0.456 bits per heavy atom. The molecule has 57 heavy (non-hydrogen) atoms. The number of rotatable bonds is 6. The van der Waals surface area contributed by atoms with E-state index < -0.39 is 0 Å². The van der Waals surface area contributed by atoms with Gasteiger partial charge in [0.05, 0.1) is 68.3 Å². The molecule has 3 aliphatic rings. The molecule has 0 saturated heterocycles. The number of nitrogens with zero attached hydrogens (tertiary/aromatic N) is 8. The molecule has 0 aromatic carbocycles. The summed E-state index contributed by atoms with van der Waals surface area (Å²) in [5.41, 5.74) is 20.8. The molecule has 0 fully saturated rings. The van der Waals surface area contributed by atoms with Crippen molar-refractivity contribution < 1.29 is 59.0 Å². The maximum atomic E-state index is 13.6. The Hall–Kier alpha value is -4.74. The SMILES string of the molecule is NCCNC(=O)c1cc2nc(c1)-c1cc(C(=O)NCCN)cc(n1)CN1Cc3cccc(n3)-c3cccc(n3)CN(Cc3cccc(n3)-c3cccc(n3)C1)C2.[Eu+3]. The van der Waals surface area contributed by atoms with Crippen molar-refractivity contribution in [2.24, 2.45) is 11.5 Å². The van der Waals surface area contributed by atoms with Gasteiger partial charge in [0.15, 0.2) is 0 Å². The molecule has 0 radical (unpaired) electrons. The Morgan fingerprint density at radius 3 is 1.07 bits per heavy atom. The summed E-state index contributed by atoms with van der Waals surface area (Å²) in [4.78, 5) is 62.0. The van der Waals surface area contributed by atoms with Crippen molar-refractivity contribution in [2.75, 3.05) is 26.2 Å². The second kappa shape index (κ2) is 18.7. The molecule has 14 bridgehead atoms. The minimum atomic E-state index is -0.287. The van der Waals surface area contributed by atoms with Crippen LogP contribution in [0.5, 0.6) is 0 Å². The van der Waals surface area contributed by atoms with Gasteiger partial charge in [0, 0.05) is 76.6 Å². The van der Waals surface area contributed by atoms with Crippen LogP contribution in [0.2, 0.25) is 0 Å². The first-order valence-corrected chi connectivity index (χ1v) is 18.7. The zero-order valence-corrected chi connectivity index (χ0v) is 33.7. The van der Waals surface area contributed by atoms with Gasteiger partial charge in [0.1, 0.15) is 0 Å². The van der Waals surface area contributed by atoms with E-state index in [0.29, 0.717) is 99.4 Å². The maximum absolute atomic E-state index is 13.6. The third-order valence-corrected chi connectivity index (χ3v) is 9.47. The summed E-state index contributed by atoms with van der Waals surface area (Å²) in [5.74, 6) is -0.573. The van der Waals surface area contributed by atoms with Crippen molar-refractivity contribution in [2.45, 2.75) is 39.3 Å². The number of carbonyl (C=O) groups is 2. The van der Waals surface area contributed by atoms with E-state index in [1.807, 2.05) is 72.8 Å². The fourth-order valence-corrected chi connectivity index (χ4v) is 6.99. The number of pyridine rings is 6. The van der Waals surface area contributed by atoms with Crippen molar-refractivity contribution in [3.05, 3.63) is 142 Å². The van der Waals surface area contributed by atoms with Crippen LogP contribution in [0.3, 0.4) is 0 Å². The number of aromatic nitrogens is 6. The molecule has 15 heteroatoms. The van der Waals surface area contributed by atoms with Gasteiger partial charge in [0.25, 0.3) is 11.8 Å². The van der Waals surface area contributed by atoms with Gasteiger partial charge in [-0.3, -0.25) is 19.4 Å². The molecular formula is C42H42EuN12O2+3. The number of nitrogens with two attached hydrogens (primary N) is 2. The fraction of sp³-hybridized carbons (Fsp3) is 0.238. The molecule has 286 valence electrons. The first kappa shape index (κ1) is 40.5. The maximum Gasteiger partial charge on any atom is 3.00 e. The summed E-state index contributed by atoms with van der Waals surface area (Å²) >= 11 is 0. The second-order valence-corrected chi connectivity index (χ2v) is 13.9. The summed E-state index contributed by atoms with van der Waals surface area (Å²) in [6.45, 7) is 3.66. The minimum absolute atomic E-state index is 0. The average molecular weight is 899 g/mol. The first-order chi connectivity index (χ1) is 27.4. The number of carbonyl (C=O) groups excluding carboxylic acids is 2. The predicted molar refractivity (Wildman–Crippen MR) is 211 cm³/mol. The molecule has 0 spiro atoms. The van der Waals surface area contributed by atoms with E-state index in [1.54, 1.807) is 24.3 Å². The molecule has 6 aromatic rings. The Kier molecular flexibility index (Phi) is 13.3. The summed E-state index contributed by atoms with van der Waals surface area (Å²) in [7, 11) is 0. The van der Waals surface area contributed by atoms with Crippen LogP contribution in [0.15, 0.2) is 97.1 Å². The molecule has 9 rings (SSSR count). The molecular weight excluding hydrogens is 857 g/mol. The Morgan fingerprint density at radius 2 is 0.754 bits per heavy atom. The summed E-state index contributed by atoms with van der Waals surface area (Å²) in [5, 5.41) is 5.79. The van der Waals surface area contributed by atoms with Crippen LogP contribution in [-0.2, 0) is 39.3 Å². The van der Waals surface area contributed by atoms with Crippen LogP contribution in [-0.4, -0.2) is 77.7 Å². The van der Waals surface area contributed by atoms with Gasteiger partial charge in [-0.15, -0.1) is 0 Å². The van der Waals surface area contributed by atoms with Crippen molar-refractivity contribution >= 4 is 11.8 Å². The van der Waals surface area contributed by atoms with Gasteiger partial charge >= 0.3 is 49.4 Å². The molecule has 6 aromatic heterocycles. The quantitative estimate of drug-likeness (QED) is 0.191. The Labute approximate surface area is 371 Å². The van der Waals surface area contributed by atoms with Crippen LogP contribution < -0.4 is 22.1 Å². The number of nitrogens with one attached hydrogen (secondary N) is 2. The van der Waals surface area contributed by atoms with Crippen molar-refractivity contribution in [1.82, 2.24) is 50.3 Å². The van der Waals surface area contributed by atoms with E-state index in [-0.39, 0.29) is 61.2 Å². The third kappa shape index (κ3) is 10.1. The van der Waals surface area contributed by atoms with Crippen molar-refractivity contribution in [3.63, 3.8) is 0 Å². The van der Waals surface area contributed by atoms with Gasteiger partial charge < -0.3 is 22.1 Å². The smallest absolute Gasteiger partial charge is 0.351 e. The van der Waals surface area contributed by atoms with Gasteiger partial charge in [-0.1, -0.05) is 24.3 Å². The van der Waals surface area contributed by atoms with E-state index >= 15 is 0 Å². The number of hydrogen-bond acceptors (Lipinski definition) is 12. The molecule has 2 amide bonds. The van der Waals surface area contributed by atoms with Crippen LogP contribution in [0.1, 0.15) is 54.9 Å². The summed E-state index contributed by atoms with van der Waals surface area (Å²) in [6.07, 6.45) is 0. The van der Waals surface area contributed by atoms with Crippen molar-refractivity contribution in [1.29, 1.82) is 0 Å². The first-order valence-electron chi connectivity index (χ1n) is 18.7. The van der Waals surface area contributed by atoms with E-state index in [1.165, 1.54) is 0 Å².